The SMILES string of the molecule is NCCc1[nH]c(-c2ccnc(-c3ccc4ncccc4c3)c2)cc1C(=O)O. The van der Waals surface area contributed by atoms with Crippen LogP contribution in [0.2, 0.25) is 0 Å². The number of aromatic amines is 1. The molecule has 0 saturated carbocycles. The van der Waals surface area contributed by atoms with E-state index in [1.165, 1.54) is 0 Å². The molecule has 4 N–H and O–H groups in total. The van der Waals surface area contributed by atoms with Crippen molar-refractivity contribution in [1.29, 1.82) is 0 Å². The Bertz CT molecular complexity index is 1130. The number of rotatable bonds is 5. The molecular weight excluding hydrogens is 340 g/mol. The van der Waals surface area contributed by atoms with Gasteiger partial charge in [-0.05, 0) is 42.9 Å². The number of nitrogens with two attached hydrogens (primary N) is 1. The van der Waals surface area contributed by atoms with Crippen LogP contribution in [0.1, 0.15) is 16.1 Å². The Labute approximate surface area is 155 Å². The molecule has 0 fully saturated rings. The van der Waals surface area contributed by atoms with Gasteiger partial charge in [-0.3, -0.25) is 9.97 Å². The summed E-state index contributed by atoms with van der Waals surface area (Å²) in [6.07, 6.45) is 3.98. The van der Waals surface area contributed by atoms with Gasteiger partial charge in [-0.25, -0.2) is 4.79 Å². The van der Waals surface area contributed by atoms with Crippen LogP contribution in [0.5, 0.6) is 0 Å². The molecule has 6 nitrogen and oxygen atoms in total. The van der Waals surface area contributed by atoms with Crippen molar-refractivity contribution in [2.24, 2.45) is 5.73 Å². The van der Waals surface area contributed by atoms with Gasteiger partial charge in [-0.2, -0.15) is 0 Å². The fourth-order valence-corrected chi connectivity index (χ4v) is 3.18. The molecule has 4 aromatic rings. The summed E-state index contributed by atoms with van der Waals surface area (Å²) in [5.74, 6) is -0.961. The maximum absolute atomic E-state index is 11.5. The van der Waals surface area contributed by atoms with Gasteiger partial charge in [0.1, 0.15) is 0 Å². The molecule has 3 aromatic heterocycles. The van der Waals surface area contributed by atoms with E-state index in [2.05, 4.69) is 15.0 Å². The molecule has 4 rings (SSSR count). The van der Waals surface area contributed by atoms with E-state index in [0.717, 1.165) is 33.4 Å². The Morgan fingerprint density at radius 1 is 1.04 bits per heavy atom. The minimum atomic E-state index is -0.961. The Morgan fingerprint density at radius 3 is 2.74 bits per heavy atom. The molecule has 27 heavy (non-hydrogen) atoms. The van der Waals surface area contributed by atoms with Crippen molar-refractivity contribution in [3.05, 3.63) is 72.2 Å². The van der Waals surface area contributed by atoms with Crippen molar-refractivity contribution in [1.82, 2.24) is 15.0 Å². The minimum Gasteiger partial charge on any atom is -0.478 e. The predicted octanol–water partition coefficient (Wildman–Crippen LogP) is 3.49. The second-order valence-electron chi connectivity index (χ2n) is 6.26. The number of nitrogens with zero attached hydrogens (tertiary/aromatic N) is 2. The van der Waals surface area contributed by atoms with Gasteiger partial charge in [0.2, 0.25) is 0 Å². The van der Waals surface area contributed by atoms with E-state index in [0.29, 0.717) is 18.7 Å². The van der Waals surface area contributed by atoms with E-state index in [1.54, 1.807) is 18.5 Å². The number of nitrogens with one attached hydrogen (secondary N) is 1. The van der Waals surface area contributed by atoms with Crippen molar-refractivity contribution in [3.8, 4) is 22.5 Å². The Kier molecular flexibility index (Phi) is 4.40. The molecule has 0 aliphatic heterocycles. The summed E-state index contributed by atoms with van der Waals surface area (Å²) in [5.41, 5.74) is 10.8. The summed E-state index contributed by atoms with van der Waals surface area (Å²) >= 11 is 0. The molecule has 0 radical (unpaired) electrons. The zero-order valence-corrected chi connectivity index (χ0v) is 14.5. The summed E-state index contributed by atoms with van der Waals surface area (Å²) in [6, 6.07) is 15.4. The molecule has 1 aromatic carbocycles. The molecular formula is C21H18N4O2. The molecule has 0 unspecified atom stereocenters. The molecule has 0 amide bonds. The van der Waals surface area contributed by atoms with E-state index in [-0.39, 0.29) is 5.56 Å². The second-order valence-corrected chi connectivity index (χ2v) is 6.26. The first kappa shape index (κ1) is 16.9. The predicted molar refractivity (Wildman–Crippen MR) is 104 cm³/mol. The normalized spacial score (nSPS) is 11.0. The van der Waals surface area contributed by atoms with Crippen LogP contribution < -0.4 is 5.73 Å². The number of H-pyrrole nitrogens is 1. The zero-order chi connectivity index (χ0) is 18.8. The molecule has 0 atom stereocenters. The first-order valence-electron chi connectivity index (χ1n) is 8.62. The van der Waals surface area contributed by atoms with Crippen LogP contribution in [0.15, 0.2) is 60.9 Å². The summed E-state index contributed by atoms with van der Waals surface area (Å²) in [5, 5.41) is 10.4. The first-order chi connectivity index (χ1) is 13.2. The molecule has 0 bridgehead atoms. The number of carboxylic acid groups (broad SMARTS) is 1. The van der Waals surface area contributed by atoms with Crippen LogP contribution in [-0.2, 0) is 6.42 Å². The smallest absolute Gasteiger partial charge is 0.337 e. The Hall–Kier alpha value is -3.51. The highest BCUT2D eigenvalue weighted by atomic mass is 16.4. The van der Waals surface area contributed by atoms with Crippen molar-refractivity contribution in [3.63, 3.8) is 0 Å². The van der Waals surface area contributed by atoms with Gasteiger partial charge in [0, 0.05) is 46.7 Å². The largest absolute Gasteiger partial charge is 0.478 e. The van der Waals surface area contributed by atoms with Crippen molar-refractivity contribution >= 4 is 16.9 Å². The molecule has 6 heteroatoms. The van der Waals surface area contributed by atoms with Gasteiger partial charge < -0.3 is 15.8 Å². The molecule has 0 aliphatic rings. The Morgan fingerprint density at radius 2 is 1.93 bits per heavy atom. The fraction of sp³-hybridized carbons (Fsp3) is 0.0952. The van der Waals surface area contributed by atoms with Crippen LogP contribution in [0.4, 0.5) is 0 Å². The van der Waals surface area contributed by atoms with Crippen LogP contribution in [0.3, 0.4) is 0 Å². The Balaban J connectivity index is 1.76. The summed E-state index contributed by atoms with van der Waals surface area (Å²) in [4.78, 5) is 23.5. The van der Waals surface area contributed by atoms with Crippen molar-refractivity contribution in [2.45, 2.75) is 6.42 Å². The van der Waals surface area contributed by atoms with Gasteiger partial charge in [0.25, 0.3) is 0 Å². The van der Waals surface area contributed by atoms with Crippen LogP contribution in [0, 0.1) is 0 Å². The zero-order valence-electron chi connectivity index (χ0n) is 14.5. The van der Waals surface area contributed by atoms with Gasteiger partial charge in [0.15, 0.2) is 0 Å². The number of carbonyl (C=O) groups is 1. The maximum Gasteiger partial charge on any atom is 0.337 e. The average molecular weight is 358 g/mol. The minimum absolute atomic E-state index is 0.255. The maximum atomic E-state index is 11.5. The molecule has 134 valence electrons. The molecule has 3 heterocycles. The lowest BCUT2D eigenvalue weighted by molar-refractivity contribution is 0.0696. The molecule has 0 spiro atoms. The number of carboxylic acids is 1. The van der Waals surface area contributed by atoms with E-state index in [4.69, 9.17) is 5.73 Å². The van der Waals surface area contributed by atoms with Crippen molar-refractivity contribution in [2.75, 3.05) is 6.54 Å². The van der Waals surface area contributed by atoms with E-state index in [9.17, 15) is 9.90 Å². The average Bonchev–Trinajstić information content (AvgIpc) is 3.12. The topological polar surface area (TPSA) is 105 Å². The third kappa shape index (κ3) is 3.30. The third-order valence-electron chi connectivity index (χ3n) is 4.49. The number of pyridine rings is 2. The number of fused-ring (bicyclic) bond motifs is 1. The summed E-state index contributed by atoms with van der Waals surface area (Å²) in [7, 11) is 0. The number of hydrogen-bond acceptors (Lipinski definition) is 4. The summed E-state index contributed by atoms with van der Waals surface area (Å²) in [6.45, 7) is 0.382. The lowest BCUT2D eigenvalue weighted by Gasteiger charge is -2.05. The first-order valence-corrected chi connectivity index (χ1v) is 8.62. The summed E-state index contributed by atoms with van der Waals surface area (Å²) < 4.78 is 0. The lowest BCUT2D eigenvalue weighted by Crippen LogP contribution is -2.07. The fourth-order valence-electron chi connectivity index (χ4n) is 3.18. The number of benzene rings is 1. The van der Waals surface area contributed by atoms with Gasteiger partial charge in [-0.1, -0.05) is 12.1 Å². The van der Waals surface area contributed by atoms with Crippen LogP contribution in [0.25, 0.3) is 33.4 Å². The van der Waals surface area contributed by atoms with Gasteiger partial charge in [-0.15, -0.1) is 0 Å². The highest BCUT2D eigenvalue weighted by Crippen LogP contribution is 2.27. The number of aromatic nitrogens is 3. The lowest BCUT2D eigenvalue weighted by atomic mass is 10.0. The van der Waals surface area contributed by atoms with Crippen molar-refractivity contribution < 1.29 is 9.90 Å². The van der Waals surface area contributed by atoms with Crippen LogP contribution in [-0.4, -0.2) is 32.6 Å². The second kappa shape index (κ2) is 7.01. The van der Waals surface area contributed by atoms with E-state index < -0.39 is 5.97 Å². The quantitative estimate of drug-likeness (QED) is 0.506. The molecule has 0 saturated heterocycles. The number of hydrogen-bond donors (Lipinski definition) is 3. The van der Waals surface area contributed by atoms with E-state index >= 15 is 0 Å². The number of aromatic carboxylic acids is 1. The monoisotopic (exact) mass is 358 g/mol. The van der Waals surface area contributed by atoms with E-state index in [1.807, 2.05) is 42.5 Å². The van der Waals surface area contributed by atoms with Gasteiger partial charge in [0.05, 0.1) is 16.8 Å². The van der Waals surface area contributed by atoms with Crippen LogP contribution >= 0.6 is 0 Å². The highest BCUT2D eigenvalue weighted by Gasteiger charge is 2.15. The standard InChI is InChI=1S/C21H18N4O2/c22-7-5-18-16(21(26)27)12-20(25-18)15-6-9-24-19(11-15)14-3-4-17-13(10-14)2-1-8-23-17/h1-4,6,8-12,25H,5,7,22H2,(H,26,27). The highest BCUT2D eigenvalue weighted by molar-refractivity contribution is 5.91. The van der Waals surface area contributed by atoms with Gasteiger partial charge >= 0.3 is 5.97 Å². The third-order valence-corrected chi connectivity index (χ3v) is 4.49. The molecule has 0 aliphatic carbocycles.